The number of methoxy groups -OCH3 is 2. The number of nitrogens with zero attached hydrogens (tertiary/aromatic N) is 1. The summed E-state index contributed by atoms with van der Waals surface area (Å²) in [6.45, 7) is 2.91. The van der Waals surface area contributed by atoms with Gasteiger partial charge in [-0.2, -0.15) is 0 Å². The van der Waals surface area contributed by atoms with Crippen molar-refractivity contribution in [2.45, 2.75) is 0 Å². The summed E-state index contributed by atoms with van der Waals surface area (Å²) in [5.41, 5.74) is 13.7. The first-order valence-corrected chi connectivity index (χ1v) is 5.57. The monoisotopic (exact) mass is 239 g/mol. The number of ether oxygens (including phenoxy) is 2. The predicted octanol–water partition coefficient (Wildman–Crippen LogP) is 0.950. The molecule has 0 saturated heterocycles. The van der Waals surface area contributed by atoms with Gasteiger partial charge in [0.2, 0.25) is 0 Å². The topological polar surface area (TPSA) is 73.7 Å². The largest absolute Gasteiger partial charge is 0.397 e. The highest BCUT2D eigenvalue weighted by Gasteiger charge is 2.07. The third-order valence-electron chi connectivity index (χ3n) is 2.57. The molecular formula is C12H21N3O2. The molecule has 1 aromatic carbocycles. The molecule has 96 valence electrons. The molecule has 0 saturated carbocycles. The van der Waals surface area contributed by atoms with Gasteiger partial charge in [-0.05, 0) is 18.2 Å². The maximum atomic E-state index is 5.80. The van der Waals surface area contributed by atoms with Gasteiger partial charge in [0.15, 0.2) is 0 Å². The van der Waals surface area contributed by atoms with Gasteiger partial charge in [-0.3, -0.25) is 0 Å². The molecule has 0 bridgehead atoms. The molecule has 0 radical (unpaired) electrons. The van der Waals surface area contributed by atoms with Gasteiger partial charge in [0, 0.05) is 33.0 Å². The highest BCUT2D eigenvalue weighted by Crippen LogP contribution is 2.22. The van der Waals surface area contributed by atoms with E-state index in [1.54, 1.807) is 14.2 Å². The molecule has 0 heterocycles. The normalized spacial score (nSPS) is 10.5. The standard InChI is InChI=1S/C12H21N3O2/c1-16-7-5-15(6-8-17-2)10-3-4-11(13)12(14)9-10/h3-4,9H,5-8,13-14H2,1-2H3. The highest BCUT2D eigenvalue weighted by molar-refractivity contribution is 5.69. The van der Waals surface area contributed by atoms with Crippen LogP contribution in [0.5, 0.6) is 0 Å². The quantitative estimate of drug-likeness (QED) is 0.693. The average molecular weight is 239 g/mol. The van der Waals surface area contributed by atoms with Gasteiger partial charge in [0.25, 0.3) is 0 Å². The summed E-state index contributed by atoms with van der Waals surface area (Å²) >= 11 is 0. The lowest BCUT2D eigenvalue weighted by Crippen LogP contribution is -2.30. The van der Waals surface area contributed by atoms with Crippen molar-refractivity contribution in [2.75, 3.05) is 56.9 Å². The number of nitrogen functional groups attached to an aromatic ring is 2. The number of nitrogens with two attached hydrogens (primary N) is 2. The zero-order chi connectivity index (χ0) is 12.7. The second kappa shape index (κ2) is 6.98. The van der Waals surface area contributed by atoms with Gasteiger partial charge in [-0.1, -0.05) is 0 Å². The van der Waals surface area contributed by atoms with Crippen molar-refractivity contribution in [3.63, 3.8) is 0 Å². The number of anilines is 3. The Labute approximate surface area is 102 Å². The van der Waals surface area contributed by atoms with E-state index in [0.717, 1.165) is 18.8 Å². The van der Waals surface area contributed by atoms with Crippen LogP contribution in [0.3, 0.4) is 0 Å². The molecule has 0 unspecified atom stereocenters. The Morgan fingerprint density at radius 2 is 1.59 bits per heavy atom. The smallest absolute Gasteiger partial charge is 0.0637 e. The fourth-order valence-corrected chi connectivity index (χ4v) is 1.53. The molecule has 0 atom stereocenters. The molecule has 1 rings (SSSR count). The summed E-state index contributed by atoms with van der Waals surface area (Å²) in [5, 5.41) is 0. The maximum absolute atomic E-state index is 5.80. The maximum Gasteiger partial charge on any atom is 0.0637 e. The van der Waals surface area contributed by atoms with E-state index in [4.69, 9.17) is 20.9 Å². The number of benzene rings is 1. The summed E-state index contributed by atoms with van der Waals surface area (Å²) in [6.07, 6.45) is 0. The molecule has 0 aliphatic rings. The highest BCUT2D eigenvalue weighted by atomic mass is 16.5. The van der Waals surface area contributed by atoms with Crippen LogP contribution in [0.15, 0.2) is 18.2 Å². The molecule has 1 aromatic rings. The lowest BCUT2D eigenvalue weighted by Gasteiger charge is -2.24. The minimum Gasteiger partial charge on any atom is -0.397 e. The third kappa shape index (κ3) is 4.13. The number of hydrogen-bond donors (Lipinski definition) is 2. The molecule has 0 aliphatic heterocycles. The van der Waals surface area contributed by atoms with E-state index in [1.807, 2.05) is 18.2 Å². The predicted molar refractivity (Wildman–Crippen MR) is 71.2 cm³/mol. The van der Waals surface area contributed by atoms with Gasteiger partial charge in [0.05, 0.1) is 24.6 Å². The molecule has 0 spiro atoms. The minimum absolute atomic E-state index is 0.599. The van der Waals surface area contributed by atoms with E-state index in [-0.39, 0.29) is 0 Å². The van der Waals surface area contributed by atoms with Crippen molar-refractivity contribution >= 4 is 17.1 Å². The number of hydrogen-bond acceptors (Lipinski definition) is 5. The van der Waals surface area contributed by atoms with Crippen LogP contribution in [0, 0.1) is 0 Å². The van der Waals surface area contributed by atoms with Gasteiger partial charge in [-0.25, -0.2) is 0 Å². The van der Waals surface area contributed by atoms with Crippen molar-refractivity contribution in [3.05, 3.63) is 18.2 Å². The first-order chi connectivity index (χ1) is 8.19. The molecular weight excluding hydrogens is 218 g/mol. The molecule has 0 aliphatic carbocycles. The van der Waals surface area contributed by atoms with E-state index >= 15 is 0 Å². The van der Waals surface area contributed by atoms with Crippen LogP contribution >= 0.6 is 0 Å². The van der Waals surface area contributed by atoms with Crippen molar-refractivity contribution in [1.29, 1.82) is 0 Å². The molecule has 5 nitrogen and oxygen atoms in total. The second-order valence-electron chi connectivity index (χ2n) is 3.79. The molecule has 0 amide bonds. The summed E-state index contributed by atoms with van der Waals surface area (Å²) in [5.74, 6) is 0. The Balaban J connectivity index is 2.75. The molecule has 17 heavy (non-hydrogen) atoms. The van der Waals surface area contributed by atoms with Gasteiger partial charge in [-0.15, -0.1) is 0 Å². The van der Waals surface area contributed by atoms with Gasteiger partial charge < -0.3 is 25.8 Å². The lowest BCUT2D eigenvalue weighted by atomic mass is 10.2. The summed E-state index contributed by atoms with van der Waals surface area (Å²) in [4.78, 5) is 2.16. The van der Waals surface area contributed by atoms with Crippen molar-refractivity contribution in [2.24, 2.45) is 0 Å². The molecule has 5 heteroatoms. The first kappa shape index (κ1) is 13.6. The fraction of sp³-hybridized carbons (Fsp3) is 0.500. The van der Waals surface area contributed by atoms with Crippen LogP contribution in [0.2, 0.25) is 0 Å². The number of rotatable bonds is 7. The van der Waals surface area contributed by atoms with E-state index in [9.17, 15) is 0 Å². The van der Waals surface area contributed by atoms with Crippen LogP contribution in [0.4, 0.5) is 17.1 Å². The molecule has 0 aromatic heterocycles. The zero-order valence-electron chi connectivity index (χ0n) is 10.5. The summed E-state index contributed by atoms with van der Waals surface area (Å²) in [6, 6.07) is 5.65. The van der Waals surface area contributed by atoms with Crippen LogP contribution in [0.25, 0.3) is 0 Å². The van der Waals surface area contributed by atoms with E-state index in [2.05, 4.69) is 4.90 Å². The van der Waals surface area contributed by atoms with Crippen LogP contribution < -0.4 is 16.4 Å². The van der Waals surface area contributed by atoms with Gasteiger partial charge >= 0.3 is 0 Å². The molecule has 4 N–H and O–H groups in total. The fourth-order valence-electron chi connectivity index (χ4n) is 1.53. The van der Waals surface area contributed by atoms with Gasteiger partial charge in [0.1, 0.15) is 0 Å². The zero-order valence-corrected chi connectivity index (χ0v) is 10.5. The van der Waals surface area contributed by atoms with Crippen LogP contribution in [-0.2, 0) is 9.47 Å². The first-order valence-electron chi connectivity index (χ1n) is 5.57. The van der Waals surface area contributed by atoms with E-state index in [0.29, 0.717) is 24.6 Å². The second-order valence-corrected chi connectivity index (χ2v) is 3.79. The third-order valence-corrected chi connectivity index (χ3v) is 2.57. The van der Waals surface area contributed by atoms with Crippen molar-refractivity contribution in [1.82, 2.24) is 0 Å². The summed E-state index contributed by atoms with van der Waals surface area (Å²) in [7, 11) is 3.37. The van der Waals surface area contributed by atoms with Crippen molar-refractivity contribution < 1.29 is 9.47 Å². The minimum atomic E-state index is 0.599. The summed E-state index contributed by atoms with van der Waals surface area (Å²) < 4.78 is 10.2. The SMILES string of the molecule is COCCN(CCOC)c1ccc(N)c(N)c1. The lowest BCUT2D eigenvalue weighted by molar-refractivity contribution is 0.190. The van der Waals surface area contributed by atoms with E-state index < -0.39 is 0 Å². The Hall–Kier alpha value is -1.46. The Morgan fingerprint density at radius 3 is 2.06 bits per heavy atom. The Morgan fingerprint density at radius 1 is 1.00 bits per heavy atom. The average Bonchev–Trinajstić information content (AvgIpc) is 2.33. The van der Waals surface area contributed by atoms with E-state index in [1.165, 1.54) is 0 Å². The van der Waals surface area contributed by atoms with Crippen LogP contribution in [-0.4, -0.2) is 40.5 Å². The van der Waals surface area contributed by atoms with Crippen LogP contribution in [0.1, 0.15) is 0 Å². The Bertz CT molecular complexity index is 337. The van der Waals surface area contributed by atoms with Crippen molar-refractivity contribution in [3.8, 4) is 0 Å². The Kier molecular flexibility index (Phi) is 5.59. The molecule has 0 fully saturated rings.